The molecule has 0 aliphatic carbocycles. The molecule has 0 radical (unpaired) electrons. The van der Waals surface area contributed by atoms with Crippen LogP contribution in [0.2, 0.25) is 0 Å². The van der Waals surface area contributed by atoms with E-state index in [1.54, 1.807) is 12.4 Å². The van der Waals surface area contributed by atoms with Crippen molar-refractivity contribution < 1.29 is 14.6 Å². The number of hydrogen-bond donors (Lipinski definition) is 1. The molecule has 0 atom stereocenters. The van der Waals surface area contributed by atoms with Gasteiger partial charge in [0.15, 0.2) is 5.65 Å². The van der Waals surface area contributed by atoms with Crippen LogP contribution in [0.1, 0.15) is 24.1 Å². The van der Waals surface area contributed by atoms with Gasteiger partial charge in [-0.1, -0.05) is 17.4 Å². The number of rotatable bonds is 7. The van der Waals surface area contributed by atoms with Gasteiger partial charge in [-0.15, -0.1) is 0 Å². The van der Waals surface area contributed by atoms with Crippen LogP contribution >= 0.6 is 11.3 Å². The Kier molecular flexibility index (Phi) is 6.22. The Morgan fingerprint density at radius 3 is 2.52 bits per heavy atom. The van der Waals surface area contributed by atoms with Crippen molar-refractivity contribution in [1.82, 2.24) is 19.9 Å². The van der Waals surface area contributed by atoms with Crippen molar-refractivity contribution in [2.75, 3.05) is 26.2 Å². The number of benzene rings is 1. The van der Waals surface area contributed by atoms with Crippen LogP contribution in [-0.4, -0.2) is 51.2 Å². The van der Waals surface area contributed by atoms with Gasteiger partial charge in [0.25, 0.3) is 5.19 Å². The third-order valence-electron chi connectivity index (χ3n) is 6.00. The zero-order chi connectivity index (χ0) is 22.7. The molecular weight excluding hydrogens is 436 g/mol. The highest BCUT2D eigenvalue weighted by Gasteiger charge is 2.34. The molecule has 3 aromatic heterocycles. The summed E-state index contributed by atoms with van der Waals surface area (Å²) in [6.07, 6.45) is 4.85. The highest BCUT2D eigenvalue weighted by molar-refractivity contribution is 7.20. The highest BCUT2D eigenvalue weighted by atomic mass is 32.1. The summed E-state index contributed by atoms with van der Waals surface area (Å²) >= 11 is 1.50. The Morgan fingerprint density at radius 2 is 1.79 bits per heavy atom. The number of hydrogen-bond acceptors (Lipinski definition) is 8. The molecule has 4 heterocycles. The maximum atomic E-state index is 10.9. The average Bonchev–Trinajstić information content (AvgIpc) is 3.26. The molecule has 170 valence electrons. The first kappa shape index (κ1) is 21.8. The van der Waals surface area contributed by atoms with Gasteiger partial charge in [0.05, 0.1) is 10.4 Å². The monoisotopic (exact) mass is 462 g/mol. The van der Waals surface area contributed by atoms with Gasteiger partial charge in [0, 0.05) is 32.0 Å². The second-order valence-corrected chi connectivity index (χ2v) is 9.23. The van der Waals surface area contributed by atoms with Gasteiger partial charge in [-0.05, 0) is 67.8 Å². The first-order chi connectivity index (χ1) is 16.1. The van der Waals surface area contributed by atoms with Crippen molar-refractivity contribution in [2.45, 2.75) is 25.4 Å². The van der Waals surface area contributed by atoms with E-state index in [-0.39, 0.29) is 0 Å². The maximum absolute atomic E-state index is 10.9. The van der Waals surface area contributed by atoms with Gasteiger partial charge in [0.1, 0.15) is 23.7 Å². The summed E-state index contributed by atoms with van der Waals surface area (Å²) in [6.45, 7) is 5.09. The summed E-state index contributed by atoms with van der Waals surface area (Å²) in [6, 6.07) is 15.3. The third kappa shape index (κ3) is 4.98. The molecule has 1 aromatic carbocycles. The lowest BCUT2D eigenvalue weighted by Gasteiger charge is -2.37. The second kappa shape index (κ2) is 9.43. The van der Waals surface area contributed by atoms with Crippen molar-refractivity contribution in [3.63, 3.8) is 0 Å². The fourth-order valence-electron chi connectivity index (χ4n) is 4.01. The number of nitrogens with zero attached hydrogens (tertiary/aromatic N) is 4. The predicted octanol–water partition coefficient (Wildman–Crippen LogP) is 4.55. The number of piperidine rings is 1. The standard InChI is InChI=1S/C25H26N4O3S/c1-18-9-13-27-23-22(18)33-24(28-23)32-20-7-5-19(6-8-20)31-17-16-29-14-10-25(30,11-15-29)21-4-2-3-12-26-21/h2-9,12-13,30H,10-11,14-17H2,1H3. The average molecular weight is 463 g/mol. The number of pyridine rings is 2. The van der Waals surface area contributed by atoms with Crippen LogP contribution in [0.25, 0.3) is 10.3 Å². The van der Waals surface area contributed by atoms with Crippen molar-refractivity contribution in [2.24, 2.45) is 0 Å². The van der Waals surface area contributed by atoms with Crippen LogP contribution in [-0.2, 0) is 5.60 Å². The van der Waals surface area contributed by atoms with Crippen LogP contribution in [0.5, 0.6) is 16.7 Å². The fraction of sp³-hybridized carbons (Fsp3) is 0.320. The summed E-state index contributed by atoms with van der Waals surface area (Å²) in [4.78, 5) is 15.4. The SMILES string of the molecule is Cc1ccnc2nc(Oc3ccc(OCCN4CCC(O)(c5ccccn5)CC4)cc3)sc12. The van der Waals surface area contributed by atoms with Gasteiger partial charge in [-0.25, -0.2) is 4.98 Å². The molecule has 0 spiro atoms. The number of thiazole rings is 1. The molecule has 0 amide bonds. The lowest BCUT2D eigenvalue weighted by Crippen LogP contribution is -2.44. The number of aliphatic hydroxyl groups is 1. The predicted molar refractivity (Wildman–Crippen MR) is 128 cm³/mol. The van der Waals surface area contributed by atoms with Crippen molar-refractivity contribution in [3.8, 4) is 16.7 Å². The Hall–Kier alpha value is -3.07. The summed E-state index contributed by atoms with van der Waals surface area (Å²) in [5, 5.41) is 11.5. The highest BCUT2D eigenvalue weighted by Crippen LogP contribution is 2.33. The van der Waals surface area contributed by atoms with E-state index in [1.165, 1.54) is 11.3 Å². The molecule has 0 bridgehead atoms. The third-order valence-corrected chi connectivity index (χ3v) is 7.06. The number of ether oxygens (including phenoxy) is 2. The molecule has 8 heteroatoms. The first-order valence-electron chi connectivity index (χ1n) is 11.1. The summed E-state index contributed by atoms with van der Waals surface area (Å²) < 4.78 is 12.9. The molecule has 1 saturated heterocycles. The normalized spacial score (nSPS) is 16.1. The lowest BCUT2D eigenvalue weighted by atomic mass is 9.88. The van der Waals surface area contributed by atoms with E-state index in [2.05, 4.69) is 19.9 Å². The van der Waals surface area contributed by atoms with Gasteiger partial charge in [-0.2, -0.15) is 4.98 Å². The number of likely N-dealkylation sites (tertiary alicyclic amines) is 1. The first-order valence-corrected chi connectivity index (χ1v) is 11.9. The summed E-state index contributed by atoms with van der Waals surface area (Å²) in [7, 11) is 0. The van der Waals surface area contributed by atoms with E-state index in [9.17, 15) is 5.11 Å². The maximum Gasteiger partial charge on any atom is 0.281 e. The molecule has 5 rings (SSSR count). The number of aromatic nitrogens is 3. The molecular formula is C25H26N4O3S. The Balaban J connectivity index is 1.09. The van der Waals surface area contributed by atoms with E-state index in [1.807, 2.05) is 55.5 Å². The topological polar surface area (TPSA) is 80.6 Å². The van der Waals surface area contributed by atoms with Crippen LogP contribution < -0.4 is 9.47 Å². The molecule has 4 aromatic rings. The van der Waals surface area contributed by atoms with E-state index in [0.717, 1.165) is 41.3 Å². The summed E-state index contributed by atoms with van der Waals surface area (Å²) in [5.74, 6) is 1.51. The van der Waals surface area contributed by atoms with Gasteiger partial charge < -0.3 is 14.6 Å². The smallest absolute Gasteiger partial charge is 0.281 e. The van der Waals surface area contributed by atoms with Gasteiger partial charge in [-0.3, -0.25) is 9.88 Å². The van der Waals surface area contributed by atoms with Gasteiger partial charge >= 0.3 is 0 Å². The molecule has 7 nitrogen and oxygen atoms in total. The molecule has 1 aliphatic heterocycles. The number of aryl methyl sites for hydroxylation is 1. The van der Waals surface area contributed by atoms with E-state index >= 15 is 0 Å². The van der Waals surface area contributed by atoms with Crippen molar-refractivity contribution >= 4 is 21.7 Å². The zero-order valence-corrected chi connectivity index (χ0v) is 19.3. The Labute approximate surface area is 196 Å². The molecule has 1 fully saturated rings. The molecule has 1 N–H and O–H groups in total. The minimum Gasteiger partial charge on any atom is -0.492 e. The van der Waals surface area contributed by atoms with Crippen molar-refractivity contribution in [1.29, 1.82) is 0 Å². The van der Waals surface area contributed by atoms with Crippen molar-refractivity contribution in [3.05, 3.63) is 72.2 Å². The molecule has 1 aliphatic rings. The summed E-state index contributed by atoms with van der Waals surface area (Å²) in [5.41, 5.74) is 1.80. The zero-order valence-electron chi connectivity index (χ0n) is 18.5. The largest absolute Gasteiger partial charge is 0.492 e. The van der Waals surface area contributed by atoms with E-state index < -0.39 is 5.60 Å². The second-order valence-electron chi connectivity index (χ2n) is 8.27. The van der Waals surface area contributed by atoms with E-state index in [4.69, 9.17) is 9.47 Å². The quantitative estimate of drug-likeness (QED) is 0.432. The van der Waals surface area contributed by atoms with Crippen LogP contribution in [0, 0.1) is 6.92 Å². The number of fused-ring (bicyclic) bond motifs is 1. The van der Waals surface area contributed by atoms with E-state index in [0.29, 0.717) is 36.0 Å². The Morgan fingerprint density at radius 1 is 1.00 bits per heavy atom. The van der Waals surface area contributed by atoms with Crippen LogP contribution in [0.4, 0.5) is 0 Å². The Bertz CT molecular complexity index is 1210. The fourth-order valence-corrected chi connectivity index (χ4v) is 4.88. The van der Waals surface area contributed by atoms with Gasteiger partial charge in [0.2, 0.25) is 0 Å². The molecule has 0 saturated carbocycles. The van der Waals surface area contributed by atoms with Crippen LogP contribution in [0.15, 0.2) is 60.9 Å². The van der Waals surface area contributed by atoms with Crippen LogP contribution in [0.3, 0.4) is 0 Å². The minimum atomic E-state index is -0.827. The molecule has 0 unspecified atom stereocenters. The molecule has 33 heavy (non-hydrogen) atoms. The lowest BCUT2D eigenvalue weighted by molar-refractivity contribution is -0.0311. The minimum absolute atomic E-state index is 0.580.